The monoisotopic (exact) mass is 446 g/mol. The summed E-state index contributed by atoms with van der Waals surface area (Å²) >= 11 is 0. The first-order valence-electron chi connectivity index (χ1n) is 9.90. The third kappa shape index (κ3) is 4.99. The van der Waals surface area contributed by atoms with Crippen LogP contribution < -0.4 is 20.5 Å². The molecular weight excluding hydrogens is 425 g/mol. The molecule has 0 bridgehead atoms. The van der Waals surface area contributed by atoms with Gasteiger partial charge >= 0.3 is 6.61 Å². The third-order valence-electron chi connectivity index (χ3n) is 5.09. The van der Waals surface area contributed by atoms with Gasteiger partial charge in [-0.25, -0.2) is 9.37 Å². The first-order valence-corrected chi connectivity index (χ1v) is 9.90. The zero-order valence-electron chi connectivity index (χ0n) is 17.2. The Balaban J connectivity index is 1.57. The summed E-state index contributed by atoms with van der Waals surface area (Å²) in [6, 6.07) is 7.47. The van der Waals surface area contributed by atoms with Crippen LogP contribution in [0, 0.1) is 5.82 Å². The number of alkyl halides is 2. The smallest absolute Gasteiger partial charge is 0.387 e. The lowest BCUT2D eigenvalue weighted by molar-refractivity contribution is -0.0498. The number of ether oxygens (including phenoxy) is 1. The summed E-state index contributed by atoms with van der Waals surface area (Å²) in [5, 5.41) is 2.75. The average Bonchev–Trinajstić information content (AvgIpc) is 2.77. The number of hydrogen-bond acceptors (Lipinski definition) is 7. The van der Waals surface area contributed by atoms with Crippen molar-refractivity contribution in [2.24, 2.45) is 0 Å². The maximum atomic E-state index is 14.4. The third-order valence-corrected chi connectivity index (χ3v) is 5.09. The van der Waals surface area contributed by atoms with Gasteiger partial charge < -0.3 is 24.8 Å². The highest BCUT2D eigenvalue weighted by Crippen LogP contribution is 2.25. The van der Waals surface area contributed by atoms with E-state index in [1.54, 1.807) is 12.1 Å². The van der Waals surface area contributed by atoms with Crippen molar-refractivity contribution in [2.75, 3.05) is 43.4 Å². The summed E-state index contributed by atoms with van der Waals surface area (Å²) in [5.41, 5.74) is 0.847. The first kappa shape index (κ1) is 21.6. The molecule has 4 rings (SSSR count). The van der Waals surface area contributed by atoms with E-state index in [4.69, 9.17) is 0 Å². The van der Waals surface area contributed by atoms with Gasteiger partial charge in [0.2, 0.25) is 5.95 Å². The largest absolute Gasteiger partial charge is 0.435 e. The van der Waals surface area contributed by atoms with Crippen LogP contribution in [-0.2, 0) is 0 Å². The zero-order valence-corrected chi connectivity index (χ0v) is 17.2. The molecule has 1 saturated heterocycles. The second-order valence-corrected chi connectivity index (χ2v) is 7.32. The van der Waals surface area contributed by atoms with Crippen LogP contribution in [-0.4, -0.2) is 59.7 Å². The average molecular weight is 446 g/mol. The van der Waals surface area contributed by atoms with Crippen LogP contribution in [0.4, 0.5) is 30.6 Å². The van der Waals surface area contributed by atoms with Crippen molar-refractivity contribution in [1.82, 2.24) is 19.9 Å². The number of benzene rings is 1. The van der Waals surface area contributed by atoms with Crippen LogP contribution in [0.5, 0.6) is 5.75 Å². The van der Waals surface area contributed by atoms with E-state index in [-0.39, 0.29) is 17.3 Å². The number of hydrogen-bond donors (Lipinski definition) is 2. The zero-order chi connectivity index (χ0) is 22.7. The maximum Gasteiger partial charge on any atom is 0.387 e. The van der Waals surface area contributed by atoms with E-state index in [1.165, 1.54) is 24.4 Å². The Hall–Kier alpha value is -3.60. The Labute approximate surface area is 181 Å². The van der Waals surface area contributed by atoms with Crippen LogP contribution in [0.1, 0.15) is 0 Å². The van der Waals surface area contributed by atoms with E-state index in [0.717, 1.165) is 19.3 Å². The fraction of sp³-hybridized carbons (Fsp3) is 0.286. The summed E-state index contributed by atoms with van der Waals surface area (Å²) in [5.74, 6) is -0.409. The Morgan fingerprint density at radius 2 is 1.84 bits per heavy atom. The summed E-state index contributed by atoms with van der Waals surface area (Å²) in [4.78, 5) is 27.4. The van der Waals surface area contributed by atoms with Crippen molar-refractivity contribution >= 4 is 17.5 Å². The number of nitrogens with zero attached hydrogens (tertiary/aromatic N) is 4. The minimum Gasteiger partial charge on any atom is -0.435 e. The first-order chi connectivity index (χ1) is 15.4. The molecule has 168 valence electrons. The number of nitrogens with one attached hydrogen (secondary N) is 2. The van der Waals surface area contributed by atoms with Gasteiger partial charge in [-0.3, -0.25) is 4.79 Å². The number of aromatic nitrogens is 3. The number of rotatable bonds is 6. The van der Waals surface area contributed by atoms with E-state index >= 15 is 0 Å². The Bertz CT molecular complexity index is 1130. The summed E-state index contributed by atoms with van der Waals surface area (Å²) in [6.45, 7) is 0.188. The molecule has 32 heavy (non-hydrogen) atoms. The van der Waals surface area contributed by atoms with E-state index in [1.807, 2.05) is 11.9 Å². The molecule has 2 N–H and O–H groups in total. The minimum absolute atomic E-state index is 0.0195. The number of piperazine rings is 1. The van der Waals surface area contributed by atoms with Gasteiger partial charge in [0.25, 0.3) is 5.56 Å². The van der Waals surface area contributed by atoms with Gasteiger partial charge in [0, 0.05) is 37.9 Å². The predicted octanol–water partition coefficient (Wildman–Crippen LogP) is 3.07. The molecular formula is C21H21F3N6O2. The fourth-order valence-corrected chi connectivity index (χ4v) is 3.30. The van der Waals surface area contributed by atoms with E-state index in [0.29, 0.717) is 30.2 Å². The molecule has 11 heteroatoms. The van der Waals surface area contributed by atoms with Gasteiger partial charge in [-0.05, 0) is 30.8 Å². The highest BCUT2D eigenvalue weighted by atomic mass is 19.3. The number of likely N-dealkylation sites (N-methyl/N-ethyl adjacent to an activating group) is 1. The molecule has 2 aromatic heterocycles. The number of pyridine rings is 1. The topological polar surface area (TPSA) is 86.4 Å². The molecule has 3 aromatic rings. The van der Waals surface area contributed by atoms with Crippen LogP contribution in [0.25, 0.3) is 11.1 Å². The molecule has 0 atom stereocenters. The van der Waals surface area contributed by atoms with E-state index in [9.17, 15) is 18.0 Å². The van der Waals surface area contributed by atoms with Gasteiger partial charge in [-0.2, -0.15) is 13.8 Å². The van der Waals surface area contributed by atoms with Crippen LogP contribution in [0.2, 0.25) is 0 Å². The number of aromatic amines is 1. The summed E-state index contributed by atoms with van der Waals surface area (Å²) in [6.07, 6.45) is 2.55. The normalized spacial score (nSPS) is 14.6. The van der Waals surface area contributed by atoms with E-state index < -0.39 is 18.0 Å². The lowest BCUT2D eigenvalue weighted by atomic mass is 10.1. The number of H-pyrrole nitrogens is 1. The highest BCUT2D eigenvalue weighted by Gasteiger charge is 2.19. The second-order valence-electron chi connectivity index (χ2n) is 7.32. The molecule has 0 unspecified atom stereocenters. The molecule has 0 saturated carbocycles. The predicted molar refractivity (Wildman–Crippen MR) is 114 cm³/mol. The Kier molecular flexibility index (Phi) is 6.26. The van der Waals surface area contributed by atoms with Crippen LogP contribution in [0.3, 0.4) is 0 Å². The van der Waals surface area contributed by atoms with E-state index in [2.05, 4.69) is 29.9 Å². The van der Waals surface area contributed by atoms with Crippen molar-refractivity contribution in [1.29, 1.82) is 0 Å². The van der Waals surface area contributed by atoms with Crippen molar-refractivity contribution in [2.45, 2.75) is 6.61 Å². The molecule has 8 nitrogen and oxygen atoms in total. The van der Waals surface area contributed by atoms with Crippen LogP contribution >= 0.6 is 0 Å². The van der Waals surface area contributed by atoms with Gasteiger partial charge in [-0.15, -0.1) is 0 Å². The molecule has 0 spiro atoms. The SMILES string of the molecule is CN1CCN(c2ncc(F)c(Nc3cc(-c4ccc(OC(F)F)cc4)c[nH]c3=O)n2)CC1. The highest BCUT2D eigenvalue weighted by molar-refractivity contribution is 5.69. The van der Waals surface area contributed by atoms with Gasteiger partial charge in [0.05, 0.1) is 6.20 Å². The molecule has 0 amide bonds. The Morgan fingerprint density at radius 1 is 1.12 bits per heavy atom. The minimum atomic E-state index is -2.91. The number of anilines is 3. The van der Waals surface area contributed by atoms with Crippen molar-refractivity contribution in [3.8, 4) is 16.9 Å². The van der Waals surface area contributed by atoms with Crippen molar-refractivity contribution < 1.29 is 17.9 Å². The Morgan fingerprint density at radius 3 is 2.53 bits per heavy atom. The van der Waals surface area contributed by atoms with Gasteiger partial charge in [-0.1, -0.05) is 12.1 Å². The van der Waals surface area contributed by atoms with Gasteiger partial charge in [0.15, 0.2) is 11.6 Å². The summed E-state index contributed by atoms with van der Waals surface area (Å²) in [7, 11) is 2.02. The van der Waals surface area contributed by atoms with Crippen molar-refractivity contribution in [3.63, 3.8) is 0 Å². The molecule has 1 aliphatic heterocycles. The lowest BCUT2D eigenvalue weighted by Crippen LogP contribution is -2.45. The quantitative estimate of drug-likeness (QED) is 0.602. The second kappa shape index (κ2) is 9.27. The van der Waals surface area contributed by atoms with Crippen molar-refractivity contribution in [3.05, 3.63) is 58.9 Å². The molecule has 3 heterocycles. The molecule has 0 radical (unpaired) electrons. The molecule has 1 aromatic carbocycles. The maximum absolute atomic E-state index is 14.4. The molecule has 0 aliphatic carbocycles. The molecule has 1 aliphatic rings. The standard InChI is InChI=1S/C21H21F3N6O2/c1-29-6-8-30(9-7-29)21-26-12-16(22)18(28-21)27-17-10-14(11-25-19(17)31)13-2-4-15(5-3-13)32-20(23)24/h2-5,10-12,20H,6-9H2,1H3,(H,25,31)(H,26,27,28). The summed E-state index contributed by atoms with van der Waals surface area (Å²) < 4.78 is 43.4. The van der Waals surface area contributed by atoms with Crippen LogP contribution in [0.15, 0.2) is 47.5 Å². The lowest BCUT2D eigenvalue weighted by Gasteiger charge is -2.32. The number of halogens is 3. The van der Waals surface area contributed by atoms with Gasteiger partial charge in [0.1, 0.15) is 11.4 Å². The molecule has 1 fully saturated rings. The fourth-order valence-electron chi connectivity index (χ4n) is 3.30.